The van der Waals surface area contributed by atoms with Crippen molar-refractivity contribution in [3.05, 3.63) is 57.0 Å². The lowest BCUT2D eigenvalue weighted by atomic mass is 9.87. The van der Waals surface area contributed by atoms with Crippen LogP contribution in [0.3, 0.4) is 0 Å². The zero-order valence-electron chi connectivity index (χ0n) is 14.1. The average Bonchev–Trinajstić information content (AvgIpc) is 2.97. The fourth-order valence-electron chi connectivity index (χ4n) is 3.38. The molecule has 134 valence electrons. The summed E-state index contributed by atoms with van der Waals surface area (Å²) in [6.07, 6.45) is 1.17. The van der Waals surface area contributed by atoms with Crippen molar-refractivity contribution in [1.29, 1.82) is 0 Å². The Morgan fingerprint density at radius 1 is 1.32 bits per heavy atom. The first kappa shape index (κ1) is 18.0. The SMILES string of the molecule is Cc1sc(C(=O)O)cc1CN1CCC(C(O)c2ccc(F)cc2)CC1. The second kappa shape index (κ2) is 7.64. The number of carbonyl (C=O) groups is 1. The molecule has 2 aromatic rings. The fraction of sp³-hybridized carbons (Fsp3) is 0.421. The van der Waals surface area contributed by atoms with Gasteiger partial charge in [0.05, 0.1) is 6.10 Å². The number of carboxylic acids is 1. The molecule has 2 N–H and O–H groups in total. The molecule has 0 radical (unpaired) electrons. The minimum atomic E-state index is -0.875. The van der Waals surface area contributed by atoms with Gasteiger partial charge < -0.3 is 10.2 Å². The molecule has 4 nitrogen and oxygen atoms in total. The smallest absolute Gasteiger partial charge is 0.345 e. The fourth-order valence-corrected chi connectivity index (χ4v) is 4.25. The number of benzene rings is 1. The molecule has 3 rings (SSSR count). The monoisotopic (exact) mass is 363 g/mol. The van der Waals surface area contributed by atoms with E-state index in [9.17, 15) is 14.3 Å². The summed E-state index contributed by atoms with van der Waals surface area (Å²) in [6, 6.07) is 7.82. The topological polar surface area (TPSA) is 60.8 Å². The molecule has 1 aromatic carbocycles. The number of hydrogen-bond acceptors (Lipinski definition) is 4. The quantitative estimate of drug-likeness (QED) is 0.847. The number of hydrogen-bond donors (Lipinski definition) is 2. The summed E-state index contributed by atoms with van der Waals surface area (Å²) in [5.41, 5.74) is 1.83. The molecule has 0 amide bonds. The summed E-state index contributed by atoms with van der Waals surface area (Å²) in [6.45, 7) is 4.42. The molecule has 0 bridgehead atoms. The second-order valence-electron chi connectivity index (χ2n) is 6.61. The number of aliphatic hydroxyl groups is 1. The molecule has 1 saturated heterocycles. The van der Waals surface area contributed by atoms with Crippen LogP contribution >= 0.6 is 11.3 Å². The predicted octanol–water partition coefficient (Wildman–Crippen LogP) is 3.84. The van der Waals surface area contributed by atoms with E-state index in [0.29, 0.717) is 4.88 Å². The van der Waals surface area contributed by atoms with Crippen LogP contribution in [-0.4, -0.2) is 34.2 Å². The minimum Gasteiger partial charge on any atom is -0.477 e. The van der Waals surface area contributed by atoms with Crippen LogP contribution in [0.15, 0.2) is 30.3 Å². The van der Waals surface area contributed by atoms with Crippen LogP contribution in [-0.2, 0) is 6.54 Å². The van der Waals surface area contributed by atoms with Crippen molar-refractivity contribution < 1.29 is 19.4 Å². The van der Waals surface area contributed by atoms with Gasteiger partial charge in [-0.25, -0.2) is 9.18 Å². The highest BCUT2D eigenvalue weighted by Gasteiger charge is 2.26. The zero-order chi connectivity index (χ0) is 18.0. The van der Waals surface area contributed by atoms with E-state index in [1.807, 2.05) is 6.92 Å². The molecule has 1 atom stereocenters. The number of piperidine rings is 1. The van der Waals surface area contributed by atoms with Crippen molar-refractivity contribution >= 4 is 17.3 Å². The van der Waals surface area contributed by atoms with Crippen molar-refractivity contribution in [2.75, 3.05) is 13.1 Å². The maximum absolute atomic E-state index is 13.0. The van der Waals surface area contributed by atoms with E-state index in [2.05, 4.69) is 4.90 Å². The summed E-state index contributed by atoms with van der Waals surface area (Å²) in [7, 11) is 0. The second-order valence-corrected chi connectivity index (χ2v) is 7.86. The maximum atomic E-state index is 13.0. The molecule has 1 aliphatic rings. The summed E-state index contributed by atoms with van der Waals surface area (Å²) in [5, 5.41) is 19.6. The number of carboxylic acid groups (broad SMARTS) is 1. The third kappa shape index (κ3) is 4.26. The van der Waals surface area contributed by atoms with Gasteiger partial charge in [0.25, 0.3) is 0 Å². The van der Waals surface area contributed by atoms with Gasteiger partial charge in [-0.3, -0.25) is 4.90 Å². The van der Waals surface area contributed by atoms with Crippen LogP contribution in [0.25, 0.3) is 0 Å². The number of aromatic carboxylic acids is 1. The lowest BCUT2D eigenvalue weighted by Gasteiger charge is -2.34. The molecular weight excluding hydrogens is 341 g/mol. The van der Waals surface area contributed by atoms with Crippen molar-refractivity contribution in [1.82, 2.24) is 4.90 Å². The highest BCUT2D eigenvalue weighted by atomic mass is 32.1. The standard InChI is InChI=1S/C19H22FNO3S/c1-12-15(10-17(25-12)19(23)24)11-21-8-6-14(7-9-21)18(22)13-2-4-16(20)5-3-13/h2-5,10,14,18,22H,6-9,11H2,1H3,(H,23,24). The van der Waals surface area contributed by atoms with Crippen LogP contribution in [0, 0.1) is 18.7 Å². The van der Waals surface area contributed by atoms with E-state index in [-0.39, 0.29) is 11.7 Å². The lowest BCUT2D eigenvalue weighted by Crippen LogP contribution is -2.35. The van der Waals surface area contributed by atoms with Gasteiger partial charge in [0.1, 0.15) is 10.7 Å². The first-order valence-electron chi connectivity index (χ1n) is 8.42. The number of rotatable bonds is 5. The Morgan fingerprint density at radius 3 is 2.52 bits per heavy atom. The number of aliphatic hydroxyl groups excluding tert-OH is 1. The van der Waals surface area contributed by atoms with Gasteiger partial charge in [0.2, 0.25) is 0 Å². The van der Waals surface area contributed by atoms with Crippen LogP contribution < -0.4 is 0 Å². The Hall–Kier alpha value is -1.76. The third-order valence-electron chi connectivity index (χ3n) is 4.92. The molecule has 0 saturated carbocycles. The Kier molecular flexibility index (Phi) is 5.51. The number of likely N-dealkylation sites (tertiary alicyclic amines) is 1. The van der Waals surface area contributed by atoms with E-state index >= 15 is 0 Å². The first-order valence-corrected chi connectivity index (χ1v) is 9.24. The largest absolute Gasteiger partial charge is 0.477 e. The van der Waals surface area contributed by atoms with Gasteiger partial charge >= 0.3 is 5.97 Å². The number of thiophene rings is 1. The highest BCUT2D eigenvalue weighted by molar-refractivity contribution is 7.14. The van der Waals surface area contributed by atoms with Crippen LogP contribution in [0.4, 0.5) is 4.39 Å². The molecule has 6 heteroatoms. The molecular formula is C19H22FNO3S. The Morgan fingerprint density at radius 2 is 1.96 bits per heavy atom. The molecule has 1 fully saturated rings. The predicted molar refractivity (Wildman–Crippen MR) is 95.4 cm³/mol. The third-order valence-corrected chi connectivity index (χ3v) is 6.00. The van der Waals surface area contributed by atoms with E-state index in [4.69, 9.17) is 5.11 Å². The summed E-state index contributed by atoms with van der Waals surface area (Å²) in [5.74, 6) is -1.00. The molecule has 2 heterocycles. The van der Waals surface area contributed by atoms with Gasteiger partial charge in [-0.05, 0) is 68.1 Å². The lowest BCUT2D eigenvalue weighted by molar-refractivity contribution is 0.0566. The zero-order valence-corrected chi connectivity index (χ0v) is 14.9. The van der Waals surface area contributed by atoms with E-state index in [1.165, 1.54) is 23.5 Å². The molecule has 25 heavy (non-hydrogen) atoms. The minimum absolute atomic E-state index is 0.167. The van der Waals surface area contributed by atoms with Crippen molar-refractivity contribution in [3.63, 3.8) is 0 Å². The van der Waals surface area contributed by atoms with Crippen molar-refractivity contribution in [3.8, 4) is 0 Å². The molecule has 1 aromatic heterocycles. The molecule has 0 aliphatic carbocycles. The van der Waals surface area contributed by atoms with Gasteiger partial charge in [-0.1, -0.05) is 12.1 Å². The Bertz CT molecular complexity index is 736. The van der Waals surface area contributed by atoms with E-state index in [1.54, 1.807) is 18.2 Å². The maximum Gasteiger partial charge on any atom is 0.345 e. The number of nitrogens with zero attached hydrogens (tertiary/aromatic N) is 1. The summed E-state index contributed by atoms with van der Waals surface area (Å²) in [4.78, 5) is 14.8. The normalized spacial score (nSPS) is 17.6. The van der Waals surface area contributed by atoms with E-state index < -0.39 is 12.1 Å². The Balaban J connectivity index is 1.56. The molecule has 0 spiro atoms. The number of halogens is 1. The molecule has 1 aliphatic heterocycles. The Labute approximate surface area is 150 Å². The van der Waals surface area contributed by atoms with Crippen LogP contribution in [0.5, 0.6) is 0 Å². The van der Waals surface area contributed by atoms with E-state index in [0.717, 1.165) is 48.5 Å². The number of aryl methyl sites for hydroxylation is 1. The average molecular weight is 363 g/mol. The molecule has 1 unspecified atom stereocenters. The van der Waals surface area contributed by atoms with Gasteiger partial charge in [0.15, 0.2) is 0 Å². The highest BCUT2D eigenvalue weighted by Crippen LogP contribution is 2.32. The van der Waals surface area contributed by atoms with Gasteiger partial charge in [-0.2, -0.15) is 0 Å². The van der Waals surface area contributed by atoms with Crippen LogP contribution in [0.2, 0.25) is 0 Å². The van der Waals surface area contributed by atoms with Crippen molar-refractivity contribution in [2.45, 2.75) is 32.4 Å². The summed E-state index contributed by atoms with van der Waals surface area (Å²) >= 11 is 1.32. The van der Waals surface area contributed by atoms with Gasteiger partial charge in [-0.15, -0.1) is 11.3 Å². The van der Waals surface area contributed by atoms with Gasteiger partial charge in [0, 0.05) is 11.4 Å². The van der Waals surface area contributed by atoms with Crippen LogP contribution in [0.1, 0.15) is 44.6 Å². The van der Waals surface area contributed by atoms with Crippen molar-refractivity contribution in [2.24, 2.45) is 5.92 Å². The first-order chi connectivity index (χ1) is 11.9. The summed E-state index contributed by atoms with van der Waals surface area (Å²) < 4.78 is 13.0.